The fourth-order valence-corrected chi connectivity index (χ4v) is 3.16. The van der Waals surface area contributed by atoms with E-state index in [1.165, 1.54) is 24.8 Å². The third-order valence-corrected chi connectivity index (χ3v) is 4.18. The van der Waals surface area contributed by atoms with Crippen LogP contribution in [-0.2, 0) is 22.4 Å². The smallest absolute Gasteiger partial charge is 0.328 e. The van der Waals surface area contributed by atoms with Crippen molar-refractivity contribution >= 4 is 11.8 Å². The van der Waals surface area contributed by atoms with Gasteiger partial charge in [0.2, 0.25) is 0 Å². The van der Waals surface area contributed by atoms with Gasteiger partial charge in [-0.1, -0.05) is 6.07 Å². The number of ether oxygens (including phenoxy) is 1. The van der Waals surface area contributed by atoms with E-state index in [1.807, 2.05) is 0 Å². The minimum Gasteiger partial charge on any atom is -0.467 e. The summed E-state index contributed by atoms with van der Waals surface area (Å²) < 4.78 is 4.93. The van der Waals surface area contributed by atoms with E-state index in [2.05, 4.69) is 17.0 Å². The third-order valence-electron chi connectivity index (χ3n) is 4.18. The predicted octanol–water partition coefficient (Wildman–Crippen LogP) is 2.10. The number of methoxy groups -OCH3 is 1. The van der Waals surface area contributed by atoms with E-state index >= 15 is 0 Å². The maximum atomic E-state index is 11.9. The minimum absolute atomic E-state index is 0.137. The lowest BCUT2D eigenvalue weighted by Crippen LogP contribution is -2.45. The fraction of sp³-hybridized carbons (Fsp3) is 0.600. The summed E-state index contributed by atoms with van der Waals surface area (Å²) in [5, 5.41) is 0. The SMILES string of the molecule is COC(=O)C1CCCCN1c1ccc2c(n1)CCC2. The number of esters is 1. The Morgan fingerprint density at radius 3 is 3.05 bits per heavy atom. The molecule has 1 fully saturated rings. The lowest BCUT2D eigenvalue weighted by molar-refractivity contribution is -0.142. The number of hydrogen-bond donors (Lipinski definition) is 0. The highest BCUT2D eigenvalue weighted by Gasteiger charge is 2.30. The molecule has 1 saturated heterocycles. The van der Waals surface area contributed by atoms with Gasteiger partial charge >= 0.3 is 5.97 Å². The zero-order valence-electron chi connectivity index (χ0n) is 11.4. The number of hydrogen-bond acceptors (Lipinski definition) is 4. The number of nitrogens with zero attached hydrogens (tertiary/aromatic N) is 2. The van der Waals surface area contributed by atoms with E-state index in [1.54, 1.807) is 0 Å². The van der Waals surface area contributed by atoms with Crippen LogP contribution < -0.4 is 4.90 Å². The summed E-state index contributed by atoms with van der Waals surface area (Å²) in [7, 11) is 1.46. The Morgan fingerprint density at radius 1 is 1.32 bits per heavy atom. The van der Waals surface area contributed by atoms with Crippen LogP contribution in [0, 0.1) is 0 Å². The minimum atomic E-state index is -0.161. The van der Waals surface area contributed by atoms with E-state index in [9.17, 15) is 4.79 Å². The average Bonchev–Trinajstić information content (AvgIpc) is 2.93. The van der Waals surface area contributed by atoms with Crippen molar-refractivity contribution in [2.45, 2.75) is 44.6 Å². The van der Waals surface area contributed by atoms with Gasteiger partial charge in [0.05, 0.1) is 7.11 Å². The van der Waals surface area contributed by atoms with Crippen LogP contribution in [-0.4, -0.2) is 30.6 Å². The van der Waals surface area contributed by atoms with Crippen LogP contribution in [0.5, 0.6) is 0 Å². The zero-order valence-corrected chi connectivity index (χ0v) is 11.4. The van der Waals surface area contributed by atoms with E-state index < -0.39 is 0 Å². The summed E-state index contributed by atoms with van der Waals surface area (Å²) in [5.74, 6) is 0.803. The van der Waals surface area contributed by atoms with Crippen LogP contribution >= 0.6 is 0 Å². The molecule has 0 spiro atoms. The van der Waals surface area contributed by atoms with Gasteiger partial charge < -0.3 is 9.64 Å². The molecule has 1 aliphatic heterocycles. The van der Waals surface area contributed by atoms with E-state index in [4.69, 9.17) is 9.72 Å². The lowest BCUT2D eigenvalue weighted by Gasteiger charge is -2.34. The average molecular weight is 260 g/mol. The maximum Gasteiger partial charge on any atom is 0.328 e. The van der Waals surface area contributed by atoms with Gasteiger partial charge in [0.1, 0.15) is 11.9 Å². The highest BCUT2D eigenvalue weighted by atomic mass is 16.5. The molecule has 0 aromatic carbocycles. The van der Waals surface area contributed by atoms with Crippen molar-refractivity contribution < 1.29 is 9.53 Å². The van der Waals surface area contributed by atoms with Crippen LogP contribution in [0.3, 0.4) is 0 Å². The molecule has 2 heterocycles. The van der Waals surface area contributed by atoms with Crippen molar-refractivity contribution in [2.24, 2.45) is 0 Å². The first-order valence-electron chi connectivity index (χ1n) is 7.13. The summed E-state index contributed by atoms with van der Waals surface area (Å²) in [5.41, 5.74) is 2.59. The van der Waals surface area contributed by atoms with Gasteiger partial charge in [-0.25, -0.2) is 9.78 Å². The summed E-state index contributed by atoms with van der Waals surface area (Å²) in [6.07, 6.45) is 6.48. The monoisotopic (exact) mass is 260 g/mol. The molecular weight excluding hydrogens is 240 g/mol. The Labute approximate surface area is 113 Å². The van der Waals surface area contributed by atoms with Gasteiger partial charge in [0, 0.05) is 12.2 Å². The van der Waals surface area contributed by atoms with Crippen molar-refractivity contribution in [1.82, 2.24) is 4.98 Å². The summed E-state index contributed by atoms with van der Waals surface area (Å²) in [6, 6.07) is 4.07. The number of anilines is 1. The molecule has 1 aliphatic carbocycles. The number of carbonyl (C=O) groups excluding carboxylic acids is 1. The molecule has 1 atom stereocenters. The maximum absolute atomic E-state index is 11.9. The largest absolute Gasteiger partial charge is 0.467 e. The van der Waals surface area contributed by atoms with E-state index in [-0.39, 0.29) is 12.0 Å². The summed E-state index contributed by atoms with van der Waals surface area (Å²) in [6.45, 7) is 0.894. The van der Waals surface area contributed by atoms with E-state index in [0.29, 0.717) is 0 Å². The first-order chi connectivity index (χ1) is 9.29. The molecule has 0 bridgehead atoms. The van der Waals surface area contributed by atoms with Gasteiger partial charge in [-0.2, -0.15) is 0 Å². The lowest BCUT2D eigenvalue weighted by atomic mass is 10.0. The van der Waals surface area contributed by atoms with Crippen molar-refractivity contribution in [3.63, 3.8) is 0 Å². The Bertz CT molecular complexity index is 487. The van der Waals surface area contributed by atoms with Crippen LogP contribution in [0.25, 0.3) is 0 Å². The molecule has 1 aromatic heterocycles. The molecular formula is C15H20N2O2. The molecule has 19 heavy (non-hydrogen) atoms. The molecule has 0 radical (unpaired) electrons. The highest BCUT2D eigenvalue weighted by molar-refractivity contribution is 5.79. The number of aryl methyl sites for hydroxylation is 2. The zero-order chi connectivity index (χ0) is 13.2. The van der Waals surface area contributed by atoms with Crippen LogP contribution in [0.1, 0.15) is 36.9 Å². The molecule has 3 rings (SSSR count). The third kappa shape index (κ3) is 2.31. The Morgan fingerprint density at radius 2 is 2.21 bits per heavy atom. The quantitative estimate of drug-likeness (QED) is 0.764. The number of carbonyl (C=O) groups is 1. The van der Waals surface area contributed by atoms with Crippen molar-refractivity contribution in [3.05, 3.63) is 23.4 Å². The Kier molecular flexibility index (Phi) is 3.40. The van der Waals surface area contributed by atoms with Crippen LogP contribution in [0.4, 0.5) is 5.82 Å². The number of piperidine rings is 1. The molecule has 0 N–H and O–H groups in total. The van der Waals surface area contributed by atoms with Crippen molar-refractivity contribution in [2.75, 3.05) is 18.6 Å². The van der Waals surface area contributed by atoms with Gasteiger partial charge in [-0.3, -0.25) is 0 Å². The predicted molar refractivity (Wildman–Crippen MR) is 73.3 cm³/mol. The molecule has 102 valence electrons. The molecule has 4 nitrogen and oxygen atoms in total. The second-order valence-electron chi connectivity index (χ2n) is 5.36. The Balaban J connectivity index is 1.88. The summed E-state index contributed by atoms with van der Waals surface area (Å²) in [4.78, 5) is 18.8. The highest BCUT2D eigenvalue weighted by Crippen LogP contribution is 2.27. The van der Waals surface area contributed by atoms with Crippen LogP contribution in [0.15, 0.2) is 12.1 Å². The second kappa shape index (κ2) is 5.19. The van der Waals surface area contributed by atoms with E-state index in [0.717, 1.165) is 44.5 Å². The van der Waals surface area contributed by atoms with Gasteiger partial charge in [0.25, 0.3) is 0 Å². The number of pyridine rings is 1. The van der Waals surface area contributed by atoms with Gasteiger partial charge in [-0.05, 0) is 50.2 Å². The number of rotatable bonds is 2. The number of aromatic nitrogens is 1. The Hall–Kier alpha value is -1.58. The first kappa shape index (κ1) is 12.5. The van der Waals surface area contributed by atoms with Crippen LogP contribution in [0.2, 0.25) is 0 Å². The fourth-order valence-electron chi connectivity index (χ4n) is 3.16. The van der Waals surface area contributed by atoms with Gasteiger partial charge in [0.15, 0.2) is 0 Å². The molecule has 4 heteroatoms. The molecule has 2 aliphatic rings. The van der Waals surface area contributed by atoms with Gasteiger partial charge in [-0.15, -0.1) is 0 Å². The molecule has 0 saturated carbocycles. The molecule has 0 amide bonds. The first-order valence-corrected chi connectivity index (χ1v) is 7.13. The standard InChI is InChI=1S/C15H20N2O2/c1-19-15(18)13-7-2-3-10-17(13)14-9-8-11-5-4-6-12(11)16-14/h8-9,13H,2-7,10H2,1H3. The summed E-state index contributed by atoms with van der Waals surface area (Å²) >= 11 is 0. The molecule has 1 aromatic rings. The molecule has 1 unspecified atom stereocenters. The second-order valence-corrected chi connectivity index (χ2v) is 5.36. The topological polar surface area (TPSA) is 42.4 Å². The van der Waals surface area contributed by atoms with Crippen molar-refractivity contribution in [3.8, 4) is 0 Å². The number of fused-ring (bicyclic) bond motifs is 1. The normalized spacial score (nSPS) is 22.2. The van der Waals surface area contributed by atoms with Crippen molar-refractivity contribution in [1.29, 1.82) is 0 Å².